The largest absolute Gasteiger partial charge is 0.481 e. The normalized spacial score (nSPS) is 10.9. The molecule has 0 saturated heterocycles. The van der Waals surface area contributed by atoms with E-state index in [4.69, 9.17) is 5.11 Å². The van der Waals surface area contributed by atoms with Gasteiger partial charge in [-0.3, -0.25) is 9.78 Å². The van der Waals surface area contributed by atoms with Crippen LogP contribution >= 0.6 is 11.8 Å². The van der Waals surface area contributed by atoms with Crippen molar-refractivity contribution in [2.75, 3.05) is 5.75 Å². The van der Waals surface area contributed by atoms with Crippen LogP contribution in [0.3, 0.4) is 0 Å². The van der Waals surface area contributed by atoms with Gasteiger partial charge >= 0.3 is 5.97 Å². The molecule has 0 aliphatic carbocycles. The molecular formula is C13H11N5O2S. The molecule has 0 aliphatic rings. The van der Waals surface area contributed by atoms with Crippen LogP contribution in [0.25, 0.3) is 22.6 Å². The van der Waals surface area contributed by atoms with Crippen LogP contribution in [0.5, 0.6) is 0 Å². The Bertz CT molecular complexity index is 817. The van der Waals surface area contributed by atoms with Crippen molar-refractivity contribution in [3.05, 3.63) is 30.5 Å². The number of carbonyl (C=O) groups is 1. The lowest BCUT2D eigenvalue weighted by Gasteiger charge is -2.03. The second-order valence-electron chi connectivity index (χ2n) is 4.29. The molecule has 21 heavy (non-hydrogen) atoms. The van der Waals surface area contributed by atoms with Crippen molar-refractivity contribution in [1.29, 1.82) is 0 Å². The summed E-state index contributed by atoms with van der Waals surface area (Å²) in [6.45, 7) is 0. The second kappa shape index (κ2) is 5.49. The monoisotopic (exact) mass is 301 g/mol. The van der Waals surface area contributed by atoms with E-state index >= 15 is 0 Å². The molecule has 0 bridgehead atoms. The predicted octanol–water partition coefficient (Wildman–Crippen LogP) is 1.60. The highest BCUT2D eigenvalue weighted by molar-refractivity contribution is 7.99. The maximum atomic E-state index is 10.6. The van der Waals surface area contributed by atoms with E-state index < -0.39 is 5.97 Å². The fourth-order valence-electron chi connectivity index (χ4n) is 1.85. The zero-order valence-corrected chi connectivity index (χ0v) is 11.9. The molecule has 1 aromatic carbocycles. The average molecular weight is 301 g/mol. The zero-order chi connectivity index (χ0) is 14.8. The zero-order valence-electron chi connectivity index (χ0n) is 11.1. The molecule has 3 aromatic rings. The highest BCUT2D eigenvalue weighted by atomic mass is 32.2. The van der Waals surface area contributed by atoms with Crippen LogP contribution in [0.2, 0.25) is 0 Å². The Labute approximate surface area is 124 Å². The van der Waals surface area contributed by atoms with Crippen LogP contribution in [0, 0.1) is 0 Å². The van der Waals surface area contributed by atoms with E-state index in [-0.39, 0.29) is 5.75 Å². The number of hydrogen-bond acceptors (Lipinski definition) is 6. The third-order valence-electron chi connectivity index (χ3n) is 2.84. The Kier molecular flexibility index (Phi) is 3.53. The van der Waals surface area contributed by atoms with E-state index in [1.165, 1.54) is 0 Å². The average Bonchev–Trinajstić information content (AvgIpc) is 2.85. The molecule has 7 nitrogen and oxygen atoms in total. The molecule has 0 aliphatic heterocycles. The van der Waals surface area contributed by atoms with Crippen molar-refractivity contribution >= 4 is 28.8 Å². The van der Waals surface area contributed by atoms with E-state index in [0.717, 1.165) is 22.8 Å². The molecule has 0 saturated carbocycles. The Morgan fingerprint density at radius 1 is 1.29 bits per heavy atom. The number of benzene rings is 1. The summed E-state index contributed by atoms with van der Waals surface area (Å²) in [6, 6.07) is 7.56. The minimum Gasteiger partial charge on any atom is -0.481 e. The number of para-hydroxylation sites is 2. The maximum Gasteiger partial charge on any atom is 0.313 e. The molecular weight excluding hydrogens is 290 g/mol. The molecule has 0 unspecified atom stereocenters. The van der Waals surface area contributed by atoms with Gasteiger partial charge in [0, 0.05) is 7.05 Å². The van der Waals surface area contributed by atoms with Gasteiger partial charge in [-0.2, -0.15) is 0 Å². The Morgan fingerprint density at radius 2 is 2.05 bits per heavy atom. The van der Waals surface area contributed by atoms with Crippen LogP contribution in [0.4, 0.5) is 0 Å². The third kappa shape index (κ3) is 2.70. The first-order valence-electron chi connectivity index (χ1n) is 6.11. The maximum absolute atomic E-state index is 10.6. The highest BCUT2D eigenvalue weighted by Crippen LogP contribution is 2.22. The summed E-state index contributed by atoms with van der Waals surface area (Å²) < 4.78 is 1.71. The van der Waals surface area contributed by atoms with Crippen molar-refractivity contribution in [3.63, 3.8) is 0 Å². The molecule has 3 rings (SSSR count). The van der Waals surface area contributed by atoms with Gasteiger partial charge in [-0.1, -0.05) is 23.9 Å². The SMILES string of the molecule is Cn1c(SCC(=O)O)nnc1-c1cnc2ccccc2n1. The number of rotatable bonds is 4. The number of carboxylic acids is 1. The van der Waals surface area contributed by atoms with Gasteiger partial charge in [0.25, 0.3) is 0 Å². The van der Waals surface area contributed by atoms with Crippen molar-refractivity contribution in [1.82, 2.24) is 24.7 Å². The summed E-state index contributed by atoms with van der Waals surface area (Å²) in [6.07, 6.45) is 1.64. The lowest BCUT2D eigenvalue weighted by molar-refractivity contribution is -0.133. The molecule has 0 radical (unpaired) electrons. The Balaban J connectivity index is 1.97. The van der Waals surface area contributed by atoms with Crippen LogP contribution < -0.4 is 0 Å². The lowest BCUT2D eigenvalue weighted by atomic mass is 10.3. The summed E-state index contributed by atoms with van der Waals surface area (Å²) >= 11 is 1.12. The van der Waals surface area contributed by atoms with Gasteiger partial charge in [0.1, 0.15) is 5.69 Å². The van der Waals surface area contributed by atoms with Crippen molar-refractivity contribution in [2.45, 2.75) is 5.16 Å². The number of nitrogens with zero attached hydrogens (tertiary/aromatic N) is 5. The highest BCUT2D eigenvalue weighted by Gasteiger charge is 2.14. The van der Waals surface area contributed by atoms with E-state index in [9.17, 15) is 4.79 Å². The number of carboxylic acid groups (broad SMARTS) is 1. The van der Waals surface area contributed by atoms with E-state index in [1.54, 1.807) is 17.8 Å². The topological polar surface area (TPSA) is 93.8 Å². The first-order valence-corrected chi connectivity index (χ1v) is 7.10. The number of aliphatic carboxylic acids is 1. The van der Waals surface area contributed by atoms with E-state index in [1.807, 2.05) is 24.3 Å². The van der Waals surface area contributed by atoms with Crippen LogP contribution in [-0.2, 0) is 11.8 Å². The van der Waals surface area contributed by atoms with Gasteiger partial charge in [-0.05, 0) is 12.1 Å². The van der Waals surface area contributed by atoms with E-state index in [2.05, 4.69) is 20.2 Å². The minimum atomic E-state index is -0.893. The molecule has 8 heteroatoms. The summed E-state index contributed by atoms with van der Waals surface area (Å²) in [5.41, 5.74) is 2.19. The van der Waals surface area contributed by atoms with Crippen LogP contribution in [0.1, 0.15) is 0 Å². The Hall–Kier alpha value is -2.48. The second-order valence-corrected chi connectivity index (χ2v) is 5.23. The van der Waals surface area contributed by atoms with Gasteiger partial charge in [0.2, 0.25) is 0 Å². The predicted molar refractivity (Wildman–Crippen MR) is 77.9 cm³/mol. The lowest BCUT2D eigenvalue weighted by Crippen LogP contribution is -2.01. The summed E-state index contributed by atoms with van der Waals surface area (Å²) in [7, 11) is 1.77. The first-order chi connectivity index (χ1) is 10.1. The smallest absolute Gasteiger partial charge is 0.313 e. The van der Waals surface area contributed by atoms with Crippen LogP contribution in [0.15, 0.2) is 35.6 Å². The van der Waals surface area contributed by atoms with Crippen molar-refractivity contribution < 1.29 is 9.90 Å². The van der Waals surface area contributed by atoms with Gasteiger partial charge in [0.05, 0.1) is 23.0 Å². The number of aromatic nitrogens is 5. The van der Waals surface area contributed by atoms with E-state index in [0.29, 0.717) is 16.7 Å². The van der Waals surface area contributed by atoms with Gasteiger partial charge < -0.3 is 9.67 Å². The molecule has 0 spiro atoms. The minimum absolute atomic E-state index is 0.0601. The van der Waals surface area contributed by atoms with Gasteiger partial charge in [-0.15, -0.1) is 10.2 Å². The van der Waals surface area contributed by atoms with Gasteiger partial charge in [0.15, 0.2) is 11.0 Å². The summed E-state index contributed by atoms with van der Waals surface area (Å²) in [5.74, 6) is -0.397. The molecule has 0 fully saturated rings. The standard InChI is InChI=1S/C13H11N5O2S/c1-18-12(16-17-13(18)21-7-11(19)20)10-6-14-8-4-2-3-5-9(8)15-10/h2-6H,7H2,1H3,(H,19,20). The van der Waals surface area contributed by atoms with Crippen molar-refractivity contribution in [2.24, 2.45) is 7.05 Å². The molecule has 2 heterocycles. The molecule has 0 amide bonds. The number of thioether (sulfide) groups is 1. The quantitative estimate of drug-likeness (QED) is 0.731. The molecule has 106 valence electrons. The number of fused-ring (bicyclic) bond motifs is 1. The molecule has 2 aromatic heterocycles. The Morgan fingerprint density at radius 3 is 2.81 bits per heavy atom. The third-order valence-corrected chi connectivity index (χ3v) is 3.84. The fraction of sp³-hybridized carbons (Fsp3) is 0.154. The molecule has 0 atom stereocenters. The fourth-order valence-corrected chi connectivity index (χ4v) is 2.49. The van der Waals surface area contributed by atoms with Crippen molar-refractivity contribution in [3.8, 4) is 11.5 Å². The first kappa shape index (κ1) is 13.5. The van der Waals surface area contributed by atoms with Gasteiger partial charge in [-0.25, -0.2) is 4.98 Å². The van der Waals surface area contributed by atoms with Crippen LogP contribution in [-0.4, -0.2) is 41.6 Å². The summed E-state index contributed by atoms with van der Waals surface area (Å²) in [4.78, 5) is 19.4. The summed E-state index contributed by atoms with van der Waals surface area (Å²) in [5, 5.41) is 17.3. The number of hydrogen-bond donors (Lipinski definition) is 1. The molecule has 1 N–H and O–H groups in total.